The van der Waals surface area contributed by atoms with Crippen LogP contribution in [0.5, 0.6) is 0 Å². The number of carbonyl (C=O) groups excluding carboxylic acids is 1. The molecule has 0 aromatic heterocycles. The van der Waals surface area contributed by atoms with E-state index in [1.807, 2.05) is 24.3 Å². The molecular weight excluding hydrogens is 318 g/mol. The van der Waals surface area contributed by atoms with Gasteiger partial charge < -0.3 is 10.6 Å². The molecule has 2 rings (SSSR count). The molecule has 0 bridgehead atoms. The molecule has 2 aromatic carbocycles. The first-order valence-electron chi connectivity index (χ1n) is 8.10. The Kier molecular flexibility index (Phi) is 5.41. The topological polar surface area (TPSA) is 84.3 Å². The van der Waals surface area contributed by atoms with Gasteiger partial charge in [0.15, 0.2) is 0 Å². The van der Waals surface area contributed by atoms with Gasteiger partial charge in [0.2, 0.25) is 5.91 Å². The summed E-state index contributed by atoms with van der Waals surface area (Å²) in [6.45, 7) is 8.12. The number of nitro benzene ring substituents is 1. The average molecular weight is 341 g/mol. The van der Waals surface area contributed by atoms with Crippen LogP contribution in [0.4, 0.5) is 17.1 Å². The van der Waals surface area contributed by atoms with Crippen molar-refractivity contribution in [2.75, 3.05) is 10.6 Å². The molecule has 0 aliphatic carbocycles. The van der Waals surface area contributed by atoms with E-state index in [9.17, 15) is 14.9 Å². The van der Waals surface area contributed by atoms with E-state index in [1.165, 1.54) is 17.7 Å². The average Bonchev–Trinajstić information content (AvgIpc) is 2.54. The van der Waals surface area contributed by atoms with Crippen LogP contribution in [0.15, 0.2) is 48.5 Å². The fourth-order valence-corrected chi connectivity index (χ4v) is 2.36. The second-order valence-corrected chi connectivity index (χ2v) is 6.96. The monoisotopic (exact) mass is 341 g/mol. The standard InChI is InChI=1S/C19H23N3O3/c1-13(20-15-11-9-14(10-12-15)19(2,3)4)18(23)21-16-7-5-6-8-17(16)22(24)25/h5-13,20H,1-4H3,(H,21,23)/t13-/m0/s1. The van der Waals surface area contributed by atoms with Crippen LogP contribution in [0, 0.1) is 10.1 Å². The number of carbonyl (C=O) groups is 1. The summed E-state index contributed by atoms with van der Waals surface area (Å²) < 4.78 is 0. The zero-order valence-electron chi connectivity index (χ0n) is 14.9. The molecule has 0 aliphatic rings. The SMILES string of the molecule is C[C@H](Nc1ccc(C(C)(C)C)cc1)C(=O)Nc1ccccc1[N+](=O)[O-]. The van der Waals surface area contributed by atoms with Gasteiger partial charge in [0.25, 0.3) is 5.69 Å². The molecule has 6 heteroatoms. The lowest BCUT2D eigenvalue weighted by atomic mass is 9.87. The molecule has 0 heterocycles. The van der Waals surface area contributed by atoms with Gasteiger partial charge in [0.1, 0.15) is 11.7 Å². The van der Waals surface area contributed by atoms with Crippen LogP contribution in [0.2, 0.25) is 0 Å². The molecule has 25 heavy (non-hydrogen) atoms. The van der Waals surface area contributed by atoms with Crippen molar-refractivity contribution in [3.05, 3.63) is 64.2 Å². The van der Waals surface area contributed by atoms with Crippen molar-refractivity contribution >= 4 is 23.0 Å². The predicted octanol–water partition coefficient (Wildman–Crippen LogP) is 4.33. The number of hydrogen-bond acceptors (Lipinski definition) is 4. The summed E-state index contributed by atoms with van der Waals surface area (Å²) in [6.07, 6.45) is 0. The van der Waals surface area contributed by atoms with Crippen molar-refractivity contribution in [2.24, 2.45) is 0 Å². The summed E-state index contributed by atoms with van der Waals surface area (Å²) in [5.74, 6) is -0.339. The Hall–Kier alpha value is -2.89. The maximum atomic E-state index is 12.3. The van der Waals surface area contributed by atoms with Crippen LogP contribution in [0.1, 0.15) is 33.3 Å². The lowest BCUT2D eigenvalue weighted by Gasteiger charge is -2.20. The molecule has 0 spiro atoms. The maximum Gasteiger partial charge on any atom is 0.292 e. The number of nitro groups is 1. The minimum atomic E-state index is -0.541. The number of hydrogen-bond donors (Lipinski definition) is 2. The summed E-state index contributed by atoms with van der Waals surface area (Å²) in [5, 5.41) is 16.7. The Morgan fingerprint density at radius 2 is 1.68 bits per heavy atom. The number of nitrogens with zero attached hydrogens (tertiary/aromatic N) is 1. The van der Waals surface area contributed by atoms with E-state index >= 15 is 0 Å². The smallest absolute Gasteiger partial charge is 0.292 e. The quantitative estimate of drug-likeness (QED) is 0.626. The molecule has 0 unspecified atom stereocenters. The largest absolute Gasteiger partial charge is 0.374 e. The van der Waals surface area contributed by atoms with E-state index in [2.05, 4.69) is 31.4 Å². The Morgan fingerprint density at radius 1 is 1.08 bits per heavy atom. The van der Waals surface area contributed by atoms with Gasteiger partial charge in [-0.25, -0.2) is 0 Å². The molecule has 0 aliphatic heterocycles. The first-order valence-corrected chi connectivity index (χ1v) is 8.10. The Labute approximate surface area is 147 Å². The van der Waals surface area contributed by atoms with Gasteiger partial charge in [0.05, 0.1) is 4.92 Å². The van der Waals surface area contributed by atoms with Crippen molar-refractivity contribution in [1.82, 2.24) is 0 Å². The minimum absolute atomic E-state index is 0.0633. The third-order valence-electron chi connectivity index (χ3n) is 3.89. The van der Waals surface area contributed by atoms with E-state index in [-0.39, 0.29) is 22.7 Å². The van der Waals surface area contributed by atoms with Gasteiger partial charge in [0, 0.05) is 11.8 Å². The zero-order valence-corrected chi connectivity index (χ0v) is 14.9. The highest BCUT2D eigenvalue weighted by Crippen LogP contribution is 2.25. The summed E-state index contributed by atoms with van der Waals surface area (Å²) in [6, 6.07) is 13.4. The minimum Gasteiger partial charge on any atom is -0.374 e. The normalized spacial score (nSPS) is 12.3. The second-order valence-electron chi connectivity index (χ2n) is 6.96. The number of benzene rings is 2. The molecule has 0 saturated heterocycles. The molecule has 0 fully saturated rings. The number of rotatable bonds is 5. The van der Waals surface area contributed by atoms with Crippen molar-refractivity contribution in [3.63, 3.8) is 0 Å². The van der Waals surface area contributed by atoms with Crippen molar-refractivity contribution in [1.29, 1.82) is 0 Å². The predicted molar refractivity (Wildman–Crippen MR) is 100.0 cm³/mol. The Bertz CT molecular complexity index is 764. The van der Waals surface area contributed by atoms with E-state index in [1.54, 1.807) is 19.1 Å². The molecular formula is C19H23N3O3. The van der Waals surface area contributed by atoms with Gasteiger partial charge in [-0.2, -0.15) is 0 Å². The zero-order chi connectivity index (χ0) is 18.6. The lowest BCUT2D eigenvalue weighted by molar-refractivity contribution is -0.383. The Balaban J connectivity index is 2.05. The molecule has 1 amide bonds. The van der Waals surface area contributed by atoms with Gasteiger partial charge in [-0.3, -0.25) is 14.9 Å². The highest BCUT2D eigenvalue weighted by atomic mass is 16.6. The fraction of sp³-hybridized carbons (Fsp3) is 0.316. The summed E-state index contributed by atoms with van der Waals surface area (Å²) in [5.41, 5.74) is 2.15. The van der Waals surface area contributed by atoms with Crippen LogP contribution in [-0.4, -0.2) is 16.9 Å². The lowest BCUT2D eigenvalue weighted by Crippen LogP contribution is -2.32. The second kappa shape index (κ2) is 7.34. The van der Waals surface area contributed by atoms with E-state index < -0.39 is 11.0 Å². The van der Waals surface area contributed by atoms with Gasteiger partial charge in [-0.05, 0) is 36.1 Å². The third kappa shape index (κ3) is 4.79. The number of nitrogens with one attached hydrogen (secondary N) is 2. The van der Waals surface area contributed by atoms with Gasteiger partial charge in [-0.15, -0.1) is 0 Å². The van der Waals surface area contributed by atoms with E-state index in [4.69, 9.17) is 0 Å². The molecule has 0 radical (unpaired) electrons. The van der Waals surface area contributed by atoms with Gasteiger partial charge in [-0.1, -0.05) is 45.0 Å². The van der Waals surface area contributed by atoms with E-state index in [0.29, 0.717) is 0 Å². The molecule has 2 N–H and O–H groups in total. The molecule has 0 saturated carbocycles. The van der Waals surface area contributed by atoms with Crippen LogP contribution in [-0.2, 0) is 10.2 Å². The summed E-state index contributed by atoms with van der Waals surface area (Å²) in [7, 11) is 0. The third-order valence-corrected chi connectivity index (χ3v) is 3.89. The Morgan fingerprint density at radius 3 is 2.24 bits per heavy atom. The molecule has 6 nitrogen and oxygen atoms in total. The molecule has 1 atom stereocenters. The van der Waals surface area contributed by atoms with Crippen LogP contribution in [0.3, 0.4) is 0 Å². The van der Waals surface area contributed by atoms with E-state index in [0.717, 1.165) is 5.69 Å². The van der Waals surface area contributed by atoms with Crippen molar-refractivity contribution in [2.45, 2.75) is 39.2 Å². The number of anilines is 2. The van der Waals surface area contributed by atoms with Crippen LogP contribution >= 0.6 is 0 Å². The summed E-state index contributed by atoms with van der Waals surface area (Å²) >= 11 is 0. The summed E-state index contributed by atoms with van der Waals surface area (Å²) in [4.78, 5) is 22.8. The highest BCUT2D eigenvalue weighted by Gasteiger charge is 2.19. The fourth-order valence-electron chi connectivity index (χ4n) is 2.36. The van der Waals surface area contributed by atoms with Crippen LogP contribution in [0.25, 0.3) is 0 Å². The maximum absolute atomic E-state index is 12.3. The van der Waals surface area contributed by atoms with Crippen molar-refractivity contribution < 1.29 is 9.72 Å². The molecule has 2 aromatic rings. The number of para-hydroxylation sites is 2. The first-order chi connectivity index (χ1) is 11.7. The molecule has 132 valence electrons. The first kappa shape index (κ1) is 18.4. The number of amides is 1. The van der Waals surface area contributed by atoms with Gasteiger partial charge >= 0.3 is 0 Å². The highest BCUT2D eigenvalue weighted by molar-refractivity contribution is 5.97. The van der Waals surface area contributed by atoms with Crippen molar-refractivity contribution in [3.8, 4) is 0 Å². The van der Waals surface area contributed by atoms with Crippen LogP contribution < -0.4 is 10.6 Å².